The predicted octanol–water partition coefficient (Wildman–Crippen LogP) is 2.89. The molecule has 2 aromatic rings. The van der Waals surface area contributed by atoms with Crippen LogP contribution in [0.5, 0.6) is 0 Å². The van der Waals surface area contributed by atoms with Crippen LogP contribution in [-0.2, 0) is 4.74 Å². The van der Waals surface area contributed by atoms with Crippen LogP contribution in [0.2, 0.25) is 0 Å². The number of morpholine rings is 1. The maximum absolute atomic E-state index is 5.39. The highest BCUT2D eigenvalue weighted by Crippen LogP contribution is 2.22. The molecular weight excluding hydrogens is 284 g/mol. The van der Waals surface area contributed by atoms with Crippen molar-refractivity contribution in [1.29, 1.82) is 0 Å². The summed E-state index contributed by atoms with van der Waals surface area (Å²) in [6, 6.07) is 8.48. The number of hydrogen-bond acceptors (Lipinski definition) is 4. The van der Waals surface area contributed by atoms with Crippen LogP contribution in [0.25, 0.3) is 5.69 Å². The summed E-state index contributed by atoms with van der Waals surface area (Å²) in [6.07, 6.45) is 0. The molecule has 3 rings (SSSR count). The van der Waals surface area contributed by atoms with Crippen molar-refractivity contribution in [2.45, 2.75) is 19.8 Å². The molecule has 1 aliphatic rings. The Morgan fingerprint density at radius 1 is 1.14 bits per heavy atom. The number of H-pyrrole nitrogens is 1. The Morgan fingerprint density at radius 3 is 2.38 bits per heavy atom. The molecule has 1 aliphatic heterocycles. The van der Waals surface area contributed by atoms with Crippen molar-refractivity contribution < 1.29 is 4.74 Å². The van der Waals surface area contributed by atoms with Crippen molar-refractivity contribution in [3.63, 3.8) is 0 Å². The summed E-state index contributed by atoms with van der Waals surface area (Å²) >= 11 is 5.35. The van der Waals surface area contributed by atoms with E-state index in [4.69, 9.17) is 17.0 Å². The van der Waals surface area contributed by atoms with E-state index in [-0.39, 0.29) is 0 Å². The van der Waals surface area contributed by atoms with Crippen molar-refractivity contribution in [3.8, 4) is 5.69 Å². The van der Waals surface area contributed by atoms with E-state index in [2.05, 4.69) is 53.2 Å². The molecule has 112 valence electrons. The van der Waals surface area contributed by atoms with E-state index in [1.807, 2.05) is 4.57 Å². The smallest absolute Gasteiger partial charge is 0.199 e. The second kappa shape index (κ2) is 5.99. The lowest BCUT2D eigenvalue weighted by Gasteiger charge is -2.29. The number of anilines is 1. The third-order valence-electron chi connectivity index (χ3n) is 3.70. The van der Waals surface area contributed by atoms with Gasteiger partial charge in [-0.25, -0.2) is 0 Å². The van der Waals surface area contributed by atoms with Gasteiger partial charge in [-0.3, -0.25) is 9.67 Å². The molecule has 1 N–H and O–H groups in total. The number of ether oxygens (including phenoxy) is 1. The molecule has 1 aromatic heterocycles. The molecule has 1 fully saturated rings. The first-order valence-electron chi connectivity index (χ1n) is 7.27. The Bertz CT molecular complexity index is 653. The van der Waals surface area contributed by atoms with E-state index in [1.54, 1.807) is 0 Å². The van der Waals surface area contributed by atoms with Crippen molar-refractivity contribution in [2.75, 3.05) is 31.2 Å². The molecule has 5 nitrogen and oxygen atoms in total. The number of rotatable bonds is 3. The van der Waals surface area contributed by atoms with Gasteiger partial charge < -0.3 is 9.64 Å². The van der Waals surface area contributed by atoms with Crippen molar-refractivity contribution in [2.24, 2.45) is 0 Å². The van der Waals surface area contributed by atoms with Crippen LogP contribution in [0.1, 0.15) is 25.6 Å². The van der Waals surface area contributed by atoms with Gasteiger partial charge in [-0.1, -0.05) is 13.8 Å². The standard InChI is InChI=1S/C15H20N4OS/c1-11(2)14-16-17-15(21)19(14)13-5-3-12(4-6-13)18-7-9-20-10-8-18/h3-6,11H,7-10H2,1-2H3,(H,17,21). The summed E-state index contributed by atoms with van der Waals surface area (Å²) in [4.78, 5) is 2.34. The Kier molecular flexibility index (Phi) is 4.07. The number of aromatic nitrogens is 3. The number of hydrogen-bond donors (Lipinski definition) is 1. The number of nitrogens with zero attached hydrogens (tertiary/aromatic N) is 3. The normalized spacial score (nSPS) is 15.7. The Morgan fingerprint density at radius 2 is 1.76 bits per heavy atom. The lowest BCUT2D eigenvalue weighted by atomic mass is 10.2. The van der Waals surface area contributed by atoms with E-state index in [1.165, 1.54) is 5.69 Å². The molecule has 0 amide bonds. The van der Waals surface area contributed by atoms with Crippen LogP contribution in [0.15, 0.2) is 24.3 Å². The summed E-state index contributed by atoms with van der Waals surface area (Å²) < 4.78 is 8.03. The first-order valence-corrected chi connectivity index (χ1v) is 7.68. The van der Waals surface area contributed by atoms with Crippen LogP contribution >= 0.6 is 12.2 Å². The Balaban J connectivity index is 1.90. The SMILES string of the molecule is CC(C)c1n[nH]c(=S)n1-c1ccc(N2CCOCC2)cc1. The van der Waals surface area contributed by atoms with E-state index in [0.717, 1.165) is 37.8 Å². The zero-order valence-corrected chi connectivity index (χ0v) is 13.2. The van der Waals surface area contributed by atoms with Crippen molar-refractivity contribution in [1.82, 2.24) is 14.8 Å². The second-order valence-electron chi connectivity index (χ2n) is 5.49. The lowest BCUT2D eigenvalue weighted by Crippen LogP contribution is -2.36. The van der Waals surface area contributed by atoms with Gasteiger partial charge >= 0.3 is 0 Å². The van der Waals surface area contributed by atoms with Gasteiger partial charge in [0.2, 0.25) is 0 Å². The summed E-state index contributed by atoms with van der Waals surface area (Å²) in [7, 11) is 0. The van der Waals surface area contributed by atoms with E-state index in [9.17, 15) is 0 Å². The number of benzene rings is 1. The largest absolute Gasteiger partial charge is 0.378 e. The maximum Gasteiger partial charge on any atom is 0.199 e. The quantitative estimate of drug-likeness (QED) is 0.886. The van der Waals surface area contributed by atoms with E-state index in [0.29, 0.717) is 10.7 Å². The molecular formula is C15H20N4OS. The Hall–Kier alpha value is -1.66. The molecule has 0 bridgehead atoms. The molecule has 0 spiro atoms. The zero-order valence-electron chi connectivity index (χ0n) is 12.4. The van der Waals surface area contributed by atoms with Gasteiger partial charge in [0, 0.05) is 30.4 Å². The zero-order chi connectivity index (χ0) is 14.8. The highest BCUT2D eigenvalue weighted by molar-refractivity contribution is 7.71. The molecule has 0 aliphatic carbocycles. The molecule has 0 unspecified atom stereocenters. The number of aromatic amines is 1. The first kappa shape index (κ1) is 14.3. The topological polar surface area (TPSA) is 46.1 Å². The summed E-state index contributed by atoms with van der Waals surface area (Å²) in [5.41, 5.74) is 2.28. The van der Waals surface area contributed by atoms with Crippen LogP contribution in [0, 0.1) is 4.77 Å². The molecule has 1 saturated heterocycles. The van der Waals surface area contributed by atoms with Crippen LogP contribution < -0.4 is 4.90 Å². The van der Waals surface area contributed by atoms with Gasteiger partial charge in [0.15, 0.2) is 4.77 Å². The summed E-state index contributed by atoms with van der Waals surface area (Å²) in [6.45, 7) is 7.72. The fraction of sp³-hybridized carbons (Fsp3) is 0.467. The van der Waals surface area contributed by atoms with Crippen LogP contribution in [0.3, 0.4) is 0 Å². The van der Waals surface area contributed by atoms with Gasteiger partial charge in [-0.15, -0.1) is 0 Å². The molecule has 21 heavy (non-hydrogen) atoms. The minimum absolute atomic E-state index is 0.317. The van der Waals surface area contributed by atoms with Crippen molar-refractivity contribution in [3.05, 3.63) is 34.9 Å². The second-order valence-corrected chi connectivity index (χ2v) is 5.88. The molecule has 0 saturated carbocycles. The van der Waals surface area contributed by atoms with Gasteiger partial charge in [0.25, 0.3) is 0 Å². The number of nitrogens with one attached hydrogen (secondary N) is 1. The monoisotopic (exact) mass is 304 g/mol. The fourth-order valence-corrected chi connectivity index (χ4v) is 2.82. The van der Waals surface area contributed by atoms with E-state index < -0.39 is 0 Å². The molecule has 6 heteroatoms. The predicted molar refractivity (Wildman–Crippen MR) is 85.9 cm³/mol. The maximum atomic E-state index is 5.39. The lowest BCUT2D eigenvalue weighted by molar-refractivity contribution is 0.122. The molecule has 0 atom stereocenters. The van der Waals surface area contributed by atoms with Gasteiger partial charge in [0.1, 0.15) is 5.82 Å². The van der Waals surface area contributed by atoms with Crippen LogP contribution in [0.4, 0.5) is 5.69 Å². The third-order valence-corrected chi connectivity index (χ3v) is 3.97. The highest BCUT2D eigenvalue weighted by Gasteiger charge is 2.14. The summed E-state index contributed by atoms with van der Waals surface area (Å²) in [5.74, 6) is 1.27. The van der Waals surface area contributed by atoms with Gasteiger partial charge in [-0.05, 0) is 36.5 Å². The van der Waals surface area contributed by atoms with Crippen LogP contribution in [-0.4, -0.2) is 41.1 Å². The molecule has 1 aromatic carbocycles. The first-order chi connectivity index (χ1) is 10.2. The van der Waals surface area contributed by atoms with Crippen molar-refractivity contribution >= 4 is 17.9 Å². The van der Waals surface area contributed by atoms with Gasteiger partial charge in [-0.2, -0.15) is 5.10 Å². The average Bonchev–Trinajstić information content (AvgIpc) is 2.90. The third kappa shape index (κ3) is 2.87. The van der Waals surface area contributed by atoms with Gasteiger partial charge in [0.05, 0.1) is 13.2 Å². The molecule has 2 heterocycles. The van der Waals surface area contributed by atoms with E-state index >= 15 is 0 Å². The minimum atomic E-state index is 0.317. The summed E-state index contributed by atoms with van der Waals surface area (Å²) in [5, 5.41) is 7.21. The fourth-order valence-electron chi connectivity index (χ4n) is 2.58. The minimum Gasteiger partial charge on any atom is -0.378 e. The molecule has 0 radical (unpaired) electrons. The highest BCUT2D eigenvalue weighted by atomic mass is 32.1. The Labute approximate surface area is 129 Å². The average molecular weight is 304 g/mol.